The van der Waals surface area contributed by atoms with Crippen molar-refractivity contribution >= 4 is 0 Å². The van der Waals surface area contributed by atoms with E-state index in [1.54, 1.807) is 0 Å². The van der Waals surface area contributed by atoms with E-state index in [0.29, 0.717) is 24.9 Å². The summed E-state index contributed by atoms with van der Waals surface area (Å²) in [6, 6.07) is 13.5. The first-order chi connectivity index (χ1) is 10.1. The Kier molecular flexibility index (Phi) is 3.84. The van der Waals surface area contributed by atoms with Crippen LogP contribution >= 0.6 is 0 Å². The van der Waals surface area contributed by atoms with Crippen LogP contribution in [0.3, 0.4) is 0 Å². The van der Waals surface area contributed by atoms with E-state index in [-0.39, 0.29) is 0 Å². The van der Waals surface area contributed by atoms with E-state index in [1.165, 1.54) is 0 Å². The van der Waals surface area contributed by atoms with Crippen LogP contribution in [0, 0.1) is 12.8 Å². The van der Waals surface area contributed by atoms with Gasteiger partial charge in [-0.05, 0) is 35.7 Å². The summed E-state index contributed by atoms with van der Waals surface area (Å²) in [4.78, 5) is 0. The second-order valence-corrected chi connectivity index (χ2v) is 5.69. The normalized spacial score (nSPS) is 18.9. The molecule has 0 fully saturated rings. The quantitative estimate of drug-likeness (QED) is 0.917. The number of hydrogen-bond donors (Lipinski definition) is 1. The lowest BCUT2D eigenvalue weighted by Gasteiger charge is -2.16. The highest BCUT2D eigenvalue weighted by Crippen LogP contribution is 2.35. The number of hydrogen-bond acceptors (Lipinski definition) is 3. The van der Waals surface area contributed by atoms with Crippen molar-refractivity contribution in [1.29, 1.82) is 0 Å². The smallest absolute Gasteiger partial charge is 0.161 e. The van der Waals surface area contributed by atoms with Gasteiger partial charge in [0.25, 0.3) is 0 Å². The highest BCUT2D eigenvalue weighted by Gasteiger charge is 2.18. The number of aryl methyl sites for hydroxylation is 1. The first-order valence-electron chi connectivity index (χ1n) is 7.28. The number of benzene rings is 2. The predicted octanol–water partition coefficient (Wildman–Crippen LogP) is 3.48. The maximum absolute atomic E-state index is 10.6. The Morgan fingerprint density at radius 2 is 1.76 bits per heavy atom. The first-order valence-corrected chi connectivity index (χ1v) is 7.28. The third-order valence-electron chi connectivity index (χ3n) is 3.81. The van der Waals surface area contributed by atoms with E-state index in [4.69, 9.17) is 9.47 Å². The molecule has 1 aliphatic heterocycles. The molecule has 0 amide bonds. The minimum absolute atomic E-state index is 0.363. The fourth-order valence-corrected chi connectivity index (χ4v) is 2.51. The van der Waals surface area contributed by atoms with Crippen molar-refractivity contribution in [2.75, 3.05) is 13.2 Å². The van der Waals surface area contributed by atoms with Crippen molar-refractivity contribution < 1.29 is 14.6 Å². The van der Waals surface area contributed by atoms with E-state index in [2.05, 4.69) is 6.92 Å². The molecule has 2 atom stereocenters. The Morgan fingerprint density at radius 1 is 1.05 bits per heavy atom. The van der Waals surface area contributed by atoms with E-state index >= 15 is 0 Å². The number of aliphatic hydroxyl groups excluding tert-OH is 1. The number of fused-ring (bicyclic) bond motifs is 1. The molecule has 2 aromatic rings. The first kappa shape index (κ1) is 14.0. The summed E-state index contributed by atoms with van der Waals surface area (Å²) in [6.45, 7) is 5.39. The van der Waals surface area contributed by atoms with E-state index in [0.717, 1.165) is 22.4 Å². The molecule has 0 saturated carbocycles. The van der Waals surface area contributed by atoms with Gasteiger partial charge in [-0.2, -0.15) is 0 Å². The molecule has 1 N–H and O–H groups in total. The highest BCUT2D eigenvalue weighted by molar-refractivity contribution is 5.46. The SMILES string of the molecule is Cc1ccccc1C(O)c1ccc2c(c1)OCC(C)CO2. The average molecular weight is 284 g/mol. The van der Waals surface area contributed by atoms with Gasteiger partial charge in [0.2, 0.25) is 0 Å². The van der Waals surface area contributed by atoms with Crippen LogP contribution in [0.2, 0.25) is 0 Å². The third-order valence-corrected chi connectivity index (χ3v) is 3.81. The van der Waals surface area contributed by atoms with Crippen LogP contribution in [0.1, 0.15) is 29.7 Å². The minimum Gasteiger partial charge on any atom is -0.489 e. The summed E-state index contributed by atoms with van der Waals surface area (Å²) in [6.07, 6.45) is -0.652. The maximum atomic E-state index is 10.6. The van der Waals surface area contributed by atoms with Gasteiger partial charge >= 0.3 is 0 Å². The molecule has 21 heavy (non-hydrogen) atoms. The van der Waals surface area contributed by atoms with Crippen LogP contribution in [0.25, 0.3) is 0 Å². The zero-order valence-electron chi connectivity index (χ0n) is 12.4. The molecular formula is C18H20O3. The van der Waals surface area contributed by atoms with Gasteiger partial charge in [-0.3, -0.25) is 0 Å². The van der Waals surface area contributed by atoms with Crippen LogP contribution in [-0.4, -0.2) is 18.3 Å². The lowest BCUT2D eigenvalue weighted by Crippen LogP contribution is -2.12. The minimum atomic E-state index is -0.652. The second-order valence-electron chi connectivity index (χ2n) is 5.69. The Hall–Kier alpha value is -2.00. The van der Waals surface area contributed by atoms with Crippen LogP contribution in [0.15, 0.2) is 42.5 Å². The van der Waals surface area contributed by atoms with Crippen molar-refractivity contribution in [2.24, 2.45) is 5.92 Å². The Balaban J connectivity index is 1.92. The van der Waals surface area contributed by atoms with Gasteiger partial charge in [-0.25, -0.2) is 0 Å². The zero-order valence-corrected chi connectivity index (χ0v) is 12.4. The van der Waals surface area contributed by atoms with Crippen molar-refractivity contribution in [2.45, 2.75) is 20.0 Å². The predicted molar refractivity (Wildman–Crippen MR) is 81.8 cm³/mol. The fourth-order valence-electron chi connectivity index (χ4n) is 2.51. The van der Waals surface area contributed by atoms with Crippen LogP contribution in [0.4, 0.5) is 0 Å². The summed E-state index contributed by atoms with van der Waals surface area (Å²) < 4.78 is 11.5. The third kappa shape index (κ3) is 2.88. The lowest BCUT2D eigenvalue weighted by molar-refractivity contribution is 0.217. The molecule has 2 aromatic carbocycles. The maximum Gasteiger partial charge on any atom is 0.161 e. The monoisotopic (exact) mass is 284 g/mol. The molecule has 0 saturated heterocycles. The van der Waals surface area contributed by atoms with Gasteiger partial charge in [0, 0.05) is 5.92 Å². The zero-order chi connectivity index (χ0) is 14.8. The Bertz CT molecular complexity index is 636. The van der Waals surface area contributed by atoms with Gasteiger partial charge in [-0.1, -0.05) is 37.3 Å². The number of ether oxygens (including phenoxy) is 2. The molecule has 3 nitrogen and oxygen atoms in total. The average Bonchev–Trinajstić information content (AvgIpc) is 2.69. The highest BCUT2D eigenvalue weighted by atomic mass is 16.5. The van der Waals surface area contributed by atoms with Crippen molar-refractivity contribution in [3.63, 3.8) is 0 Å². The summed E-state index contributed by atoms with van der Waals surface area (Å²) in [5.74, 6) is 1.83. The number of rotatable bonds is 2. The molecule has 3 heteroatoms. The topological polar surface area (TPSA) is 38.7 Å². The molecule has 1 heterocycles. The van der Waals surface area contributed by atoms with Gasteiger partial charge in [0.15, 0.2) is 11.5 Å². The fraction of sp³-hybridized carbons (Fsp3) is 0.333. The van der Waals surface area contributed by atoms with Crippen LogP contribution in [0.5, 0.6) is 11.5 Å². The molecule has 110 valence electrons. The van der Waals surface area contributed by atoms with Gasteiger partial charge in [0.1, 0.15) is 6.10 Å². The summed E-state index contributed by atoms with van der Waals surface area (Å²) in [5, 5.41) is 10.6. The van der Waals surface area contributed by atoms with E-state index < -0.39 is 6.10 Å². The van der Waals surface area contributed by atoms with E-state index in [1.807, 2.05) is 49.4 Å². The van der Waals surface area contributed by atoms with Crippen molar-refractivity contribution in [3.05, 3.63) is 59.2 Å². The molecule has 0 spiro atoms. The summed E-state index contributed by atoms with van der Waals surface area (Å²) in [5.41, 5.74) is 2.81. The van der Waals surface area contributed by atoms with Gasteiger partial charge < -0.3 is 14.6 Å². The van der Waals surface area contributed by atoms with Crippen molar-refractivity contribution in [3.8, 4) is 11.5 Å². The molecule has 0 radical (unpaired) electrons. The van der Waals surface area contributed by atoms with E-state index in [9.17, 15) is 5.11 Å². The largest absolute Gasteiger partial charge is 0.489 e. The molecule has 0 aromatic heterocycles. The summed E-state index contributed by atoms with van der Waals surface area (Å²) >= 11 is 0. The Morgan fingerprint density at radius 3 is 2.52 bits per heavy atom. The van der Waals surface area contributed by atoms with Crippen LogP contribution < -0.4 is 9.47 Å². The molecule has 0 aliphatic carbocycles. The molecule has 2 unspecified atom stereocenters. The molecule has 0 bridgehead atoms. The van der Waals surface area contributed by atoms with Gasteiger partial charge in [0.05, 0.1) is 13.2 Å². The lowest BCUT2D eigenvalue weighted by atomic mass is 9.97. The van der Waals surface area contributed by atoms with Crippen molar-refractivity contribution in [1.82, 2.24) is 0 Å². The Labute approximate surface area is 125 Å². The standard InChI is InChI=1S/C18H20O3/c1-12-10-20-16-8-7-14(9-17(16)21-11-12)18(19)15-6-4-3-5-13(15)2/h3-9,12,18-19H,10-11H2,1-2H3. The van der Waals surface area contributed by atoms with Gasteiger partial charge in [-0.15, -0.1) is 0 Å². The molecular weight excluding hydrogens is 264 g/mol. The molecule has 1 aliphatic rings. The summed E-state index contributed by atoms with van der Waals surface area (Å²) in [7, 11) is 0. The molecule has 3 rings (SSSR count). The number of aliphatic hydroxyl groups is 1. The van der Waals surface area contributed by atoms with Crippen LogP contribution in [-0.2, 0) is 0 Å². The second kappa shape index (κ2) is 5.78.